The van der Waals surface area contributed by atoms with Gasteiger partial charge in [-0.05, 0) is 57.0 Å². The van der Waals surface area contributed by atoms with Crippen molar-refractivity contribution < 1.29 is 23.9 Å². The summed E-state index contributed by atoms with van der Waals surface area (Å²) < 4.78 is 4.98. The second kappa shape index (κ2) is 8.90. The Balaban J connectivity index is 1.67. The van der Waals surface area contributed by atoms with E-state index in [1.807, 2.05) is 26.0 Å². The second-order valence-electron chi connectivity index (χ2n) is 8.85. The zero-order valence-corrected chi connectivity index (χ0v) is 19.4. The van der Waals surface area contributed by atoms with Crippen molar-refractivity contribution in [1.29, 1.82) is 0 Å². The Morgan fingerprint density at radius 2 is 1.88 bits per heavy atom. The van der Waals surface area contributed by atoms with E-state index in [2.05, 4.69) is 16.0 Å². The number of anilines is 2. The van der Waals surface area contributed by atoms with Gasteiger partial charge in [-0.15, -0.1) is 0 Å². The summed E-state index contributed by atoms with van der Waals surface area (Å²) in [4.78, 5) is 50.4. The van der Waals surface area contributed by atoms with Crippen LogP contribution in [0.1, 0.15) is 46.8 Å². The number of carbonyl (C=O) groups is 4. The van der Waals surface area contributed by atoms with Gasteiger partial charge < -0.3 is 21.1 Å². The van der Waals surface area contributed by atoms with Crippen molar-refractivity contribution in [3.8, 4) is 0 Å². The van der Waals surface area contributed by atoms with Crippen molar-refractivity contribution in [2.24, 2.45) is 11.7 Å². The highest BCUT2D eigenvalue weighted by atomic mass is 16.5. The maximum absolute atomic E-state index is 13.5. The van der Waals surface area contributed by atoms with Gasteiger partial charge in [0.2, 0.25) is 17.7 Å². The predicted octanol–water partition coefficient (Wildman–Crippen LogP) is 2.12. The maximum Gasteiger partial charge on any atom is 0.338 e. The van der Waals surface area contributed by atoms with Crippen molar-refractivity contribution in [3.63, 3.8) is 0 Å². The summed E-state index contributed by atoms with van der Waals surface area (Å²) in [6.45, 7) is 5.83. The summed E-state index contributed by atoms with van der Waals surface area (Å²) in [5, 5.41) is 9.07. The summed E-state index contributed by atoms with van der Waals surface area (Å²) in [6.07, 6.45) is 0.267. The first-order valence-corrected chi connectivity index (χ1v) is 11.2. The van der Waals surface area contributed by atoms with Gasteiger partial charge >= 0.3 is 5.97 Å². The van der Waals surface area contributed by atoms with Gasteiger partial charge in [0.1, 0.15) is 5.54 Å². The zero-order valence-electron chi connectivity index (χ0n) is 19.4. The van der Waals surface area contributed by atoms with Crippen molar-refractivity contribution in [2.75, 3.05) is 17.2 Å². The minimum atomic E-state index is -1.32. The van der Waals surface area contributed by atoms with E-state index >= 15 is 0 Å². The molecule has 1 saturated heterocycles. The molecule has 0 saturated carbocycles. The van der Waals surface area contributed by atoms with Gasteiger partial charge in [0.15, 0.2) is 0 Å². The molecule has 5 N–H and O–H groups in total. The van der Waals surface area contributed by atoms with Gasteiger partial charge in [-0.1, -0.05) is 17.7 Å². The molecule has 3 amide bonds. The average Bonchev–Trinajstić information content (AvgIpc) is 3.28. The van der Waals surface area contributed by atoms with E-state index in [1.165, 1.54) is 0 Å². The highest BCUT2D eigenvalue weighted by Gasteiger charge is 2.60. The minimum Gasteiger partial charge on any atom is -0.462 e. The van der Waals surface area contributed by atoms with E-state index in [0.717, 1.165) is 11.1 Å². The number of esters is 1. The lowest BCUT2D eigenvalue weighted by atomic mass is 9.78. The summed E-state index contributed by atoms with van der Waals surface area (Å²) in [6, 6.07) is 9.78. The number of amides is 3. The van der Waals surface area contributed by atoms with Gasteiger partial charge in [-0.3, -0.25) is 19.7 Å². The van der Waals surface area contributed by atoms with Crippen LogP contribution in [-0.2, 0) is 24.7 Å². The number of primary amides is 1. The molecule has 3 atom stereocenters. The lowest BCUT2D eigenvalue weighted by Gasteiger charge is -2.29. The molecule has 2 aromatic carbocycles. The predicted molar refractivity (Wildman–Crippen MR) is 126 cm³/mol. The molecule has 4 rings (SSSR count). The fourth-order valence-corrected chi connectivity index (χ4v) is 5.03. The minimum absolute atomic E-state index is 0.00712. The lowest BCUT2D eigenvalue weighted by molar-refractivity contribution is -0.130. The number of ether oxygens (including phenoxy) is 1. The molecule has 1 spiro atoms. The Hall–Kier alpha value is -3.72. The third kappa shape index (κ3) is 4.03. The Morgan fingerprint density at radius 1 is 1.18 bits per heavy atom. The molecule has 0 radical (unpaired) electrons. The first kappa shape index (κ1) is 23.4. The van der Waals surface area contributed by atoms with Gasteiger partial charge in [-0.2, -0.15) is 0 Å². The van der Waals surface area contributed by atoms with Crippen LogP contribution in [0, 0.1) is 19.8 Å². The Kier molecular flexibility index (Phi) is 6.14. The van der Waals surface area contributed by atoms with Gasteiger partial charge in [0, 0.05) is 29.4 Å². The van der Waals surface area contributed by atoms with E-state index in [4.69, 9.17) is 10.5 Å². The first-order chi connectivity index (χ1) is 16.1. The SMILES string of the molecule is CCOC(=O)c1ccc(NC(=O)[C@H]2C[C@H](CC(N)=O)N[C@]23C(=O)Nc2c(C)cc(C)cc23)cc1. The van der Waals surface area contributed by atoms with Crippen LogP contribution in [0.15, 0.2) is 36.4 Å². The number of aryl methyl sites for hydroxylation is 2. The molecular formula is C25H28N4O5. The Morgan fingerprint density at radius 3 is 2.53 bits per heavy atom. The Labute approximate surface area is 197 Å². The average molecular weight is 465 g/mol. The van der Waals surface area contributed by atoms with Crippen LogP contribution in [-0.4, -0.2) is 36.3 Å². The first-order valence-electron chi connectivity index (χ1n) is 11.2. The zero-order chi connectivity index (χ0) is 24.6. The highest BCUT2D eigenvalue weighted by molar-refractivity contribution is 6.11. The van der Waals surface area contributed by atoms with E-state index < -0.39 is 29.4 Å². The number of benzene rings is 2. The number of rotatable bonds is 6. The summed E-state index contributed by atoms with van der Waals surface area (Å²) in [7, 11) is 0. The molecular weight excluding hydrogens is 436 g/mol. The molecule has 0 aliphatic carbocycles. The van der Waals surface area contributed by atoms with Crippen LogP contribution >= 0.6 is 0 Å². The second-order valence-corrected chi connectivity index (χ2v) is 8.85. The topological polar surface area (TPSA) is 140 Å². The standard InChI is InChI=1S/C25H28N4O5/c1-4-34-23(32)15-5-7-16(8-6-15)27-22(31)19-11-17(12-20(26)30)29-25(19)18-10-13(2)9-14(3)21(18)28-24(25)33/h5-10,17,19,29H,4,11-12H2,1-3H3,(H2,26,30)(H,27,31)(H,28,33)/t17-,19-,25+/m1/s1. The van der Waals surface area contributed by atoms with Crippen molar-refractivity contribution in [2.45, 2.75) is 45.2 Å². The number of fused-ring (bicyclic) bond motifs is 2. The summed E-state index contributed by atoms with van der Waals surface area (Å²) >= 11 is 0. The van der Waals surface area contributed by atoms with Gasteiger partial charge in [0.05, 0.1) is 18.1 Å². The quantitative estimate of drug-likeness (QED) is 0.483. The molecule has 2 aromatic rings. The Bertz CT molecular complexity index is 1180. The molecule has 2 aliphatic rings. The maximum atomic E-state index is 13.5. The largest absolute Gasteiger partial charge is 0.462 e. The number of hydrogen-bond donors (Lipinski definition) is 4. The third-order valence-corrected chi connectivity index (χ3v) is 6.40. The monoisotopic (exact) mass is 464 g/mol. The molecule has 34 heavy (non-hydrogen) atoms. The highest BCUT2D eigenvalue weighted by Crippen LogP contribution is 2.49. The molecule has 0 aromatic heterocycles. The van der Waals surface area contributed by atoms with E-state index in [0.29, 0.717) is 22.5 Å². The lowest BCUT2D eigenvalue weighted by Crippen LogP contribution is -2.52. The van der Waals surface area contributed by atoms with Crippen molar-refractivity contribution in [3.05, 3.63) is 58.7 Å². The third-order valence-electron chi connectivity index (χ3n) is 6.40. The van der Waals surface area contributed by atoms with E-state index in [9.17, 15) is 19.2 Å². The van der Waals surface area contributed by atoms with Crippen LogP contribution in [0.3, 0.4) is 0 Å². The van der Waals surface area contributed by atoms with Gasteiger partial charge in [0.25, 0.3) is 0 Å². The van der Waals surface area contributed by atoms with Crippen LogP contribution in [0.25, 0.3) is 0 Å². The van der Waals surface area contributed by atoms with Crippen LogP contribution < -0.4 is 21.7 Å². The fourth-order valence-electron chi connectivity index (χ4n) is 5.03. The molecule has 9 heteroatoms. The van der Waals surface area contributed by atoms with Crippen molar-refractivity contribution >= 4 is 35.1 Å². The molecule has 2 heterocycles. The molecule has 0 unspecified atom stereocenters. The van der Waals surface area contributed by atoms with Crippen LogP contribution in [0.4, 0.5) is 11.4 Å². The van der Waals surface area contributed by atoms with Crippen LogP contribution in [0.5, 0.6) is 0 Å². The van der Waals surface area contributed by atoms with Crippen LogP contribution in [0.2, 0.25) is 0 Å². The normalized spacial score (nSPS) is 22.9. The number of carbonyl (C=O) groups excluding carboxylic acids is 4. The molecule has 9 nitrogen and oxygen atoms in total. The van der Waals surface area contributed by atoms with E-state index in [-0.39, 0.29) is 31.3 Å². The van der Waals surface area contributed by atoms with E-state index in [1.54, 1.807) is 31.2 Å². The van der Waals surface area contributed by atoms with Gasteiger partial charge in [-0.25, -0.2) is 4.79 Å². The molecule has 0 bridgehead atoms. The number of hydrogen-bond acceptors (Lipinski definition) is 6. The molecule has 1 fully saturated rings. The summed E-state index contributed by atoms with van der Waals surface area (Å²) in [5.41, 5.74) is 8.18. The number of nitrogens with one attached hydrogen (secondary N) is 3. The number of nitrogens with two attached hydrogens (primary N) is 1. The molecule has 2 aliphatic heterocycles. The fraction of sp³-hybridized carbons (Fsp3) is 0.360. The summed E-state index contributed by atoms with van der Waals surface area (Å²) in [5.74, 6) is -2.45. The van der Waals surface area contributed by atoms with Crippen molar-refractivity contribution in [1.82, 2.24) is 5.32 Å². The molecule has 178 valence electrons. The smallest absolute Gasteiger partial charge is 0.338 e.